The van der Waals surface area contributed by atoms with Crippen LogP contribution in [0.5, 0.6) is 5.75 Å². The summed E-state index contributed by atoms with van der Waals surface area (Å²) in [7, 11) is 1.64. The smallest absolute Gasteiger partial charge is 0.324 e. The lowest BCUT2D eigenvalue weighted by molar-refractivity contribution is -0.117. The van der Waals surface area contributed by atoms with Gasteiger partial charge in [-0.1, -0.05) is 39.0 Å². The average Bonchev–Trinajstić information content (AvgIpc) is 2.68. The number of ether oxygens (including phenoxy) is 1. The van der Waals surface area contributed by atoms with Crippen LogP contribution in [0.2, 0.25) is 0 Å². The van der Waals surface area contributed by atoms with E-state index in [1.165, 1.54) is 0 Å². The van der Waals surface area contributed by atoms with Crippen molar-refractivity contribution in [1.82, 2.24) is 4.90 Å². The fourth-order valence-corrected chi connectivity index (χ4v) is 3.60. The summed E-state index contributed by atoms with van der Waals surface area (Å²) in [6.45, 7) is 8.01. The number of anilines is 2. The molecular formula is C24H31N3O3. The highest BCUT2D eigenvalue weighted by molar-refractivity contribution is 5.95. The van der Waals surface area contributed by atoms with Crippen LogP contribution >= 0.6 is 0 Å². The van der Waals surface area contributed by atoms with Crippen LogP contribution in [0.15, 0.2) is 48.5 Å². The van der Waals surface area contributed by atoms with Gasteiger partial charge in [-0.05, 0) is 47.7 Å². The maximum absolute atomic E-state index is 13.1. The van der Waals surface area contributed by atoms with Crippen LogP contribution < -0.4 is 15.0 Å². The number of amides is 3. The minimum absolute atomic E-state index is 0.0238. The van der Waals surface area contributed by atoms with Gasteiger partial charge in [0.25, 0.3) is 0 Å². The van der Waals surface area contributed by atoms with Gasteiger partial charge < -0.3 is 15.0 Å². The third kappa shape index (κ3) is 5.75. The number of hydrogen-bond acceptors (Lipinski definition) is 3. The van der Waals surface area contributed by atoms with Crippen molar-refractivity contribution >= 4 is 23.3 Å². The Morgan fingerprint density at radius 1 is 1.10 bits per heavy atom. The average molecular weight is 410 g/mol. The lowest BCUT2D eigenvalue weighted by Gasteiger charge is -2.36. The number of nitrogens with zero attached hydrogens (tertiary/aromatic N) is 2. The Labute approximate surface area is 178 Å². The summed E-state index contributed by atoms with van der Waals surface area (Å²) in [6.07, 6.45) is 1.32. The molecule has 1 aliphatic heterocycles. The Bertz CT molecular complexity index is 905. The molecule has 160 valence electrons. The maximum Gasteiger partial charge on any atom is 0.324 e. The van der Waals surface area contributed by atoms with E-state index in [2.05, 4.69) is 5.32 Å². The molecule has 1 fully saturated rings. The third-order valence-corrected chi connectivity index (χ3v) is 4.95. The Morgan fingerprint density at radius 3 is 2.60 bits per heavy atom. The number of rotatable bonds is 6. The molecule has 2 aromatic rings. The SMILES string of the molecule is COc1cccc(CN2CCCN(c3cccc(NC(=O)CC(C)(C)C)c3)C2=O)c1. The number of methoxy groups -OCH3 is 1. The molecule has 2 aromatic carbocycles. The molecule has 3 rings (SSSR count). The monoisotopic (exact) mass is 409 g/mol. The van der Waals surface area contributed by atoms with Crippen molar-refractivity contribution in [2.45, 2.75) is 40.2 Å². The molecule has 0 saturated carbocycles. The second-order valence-electron chi connectivity index (χ2n) is 8.90. The molecule has 30 heavy (non-hydrogen) atoms. The molecule has 6 nitrogen and oxygen atoms in total. The Balaban J connectivity index is 1.71. The van der Waals surface area contributed by atoms with Crippen LogP contribution in [0.3, 0.4) is 0 Å². The summed E-state index contributed by atoms with van der Waals surface area (Å²) in [5, 5.41) is 2.95. The normalized spacial score (nSPS) is 14.6. The van der Waals surface area contributed by atoms with Crippen molar-refractivity contribution in [3.05, 3.63) is 54.1 Å². The van der Waals surface area contributed by atoms with E-state index in [4.69, 9.17) is 4.74 Å². The van der Waals surface area contributed by atoms with E-state index in [-0.39, 0.29) is 17.4 Å². The van der Waals surface area contributed by atoms with Crippen molar-refractivity contribution in [1.29, 1.82) is 0 Å². The van der Waals surface area contributed by atoms with Gasteiger partial charge in [0.2, 0.25) is 5.91 Å². The number of urea groups is 1. The summed E-state index contributed by atoms with van der Waals surface area (Å²) in [5.74, 6) is 0.761. The van der Waals surface area contributed by atoms with Crippen LogP contribution in [0.1, 0.15) is 39.2 Å². The van der Waals surface area contributed by atoms with Gasteiger partial charge in [0, 0.05) is 37.4 Å². The Morgan fingerprint density at radius 2 is 1.87 bits per heavy atom. The van der Waals surface area contributed by atoms with Gasteiger partial charge in [-0.2, -0.15) is 0 Å². The molecule has 6 heteroatoms. The van der Waals surface area contributed by atoms with Crippen molar-refractivity contribution in [3.63, 3.8) is 0 Å². The maximum atomic E-state index is 13.1. The van der Waals surface area contributed by atoms with Crippen LogP contribution in [0.4, 0.5) is 16.2 Å². The lowest BCUT2D eigenvalue weighted by Crippen LogP contribution is -2.49. The van der Waals surface area contributed by atoms with E-state index < -0.39 is 0 Å². The molecule has 0 spiro atoms. The van der Waals surface area contributed by atoms with Gasteiger partial charge in [-0.3, -0.25) is 9.69 Å². The van der Waals surface area contributed by atoms with Crippen molar-refractivity contribution < 1.29 is 14.3 Å². The molecular weight excluding hydrogens is 378 g/mol. The highest BCUT2D eigenvalue weighted by Gasteiger charge is 2.27. The predicted molar refractivity (Wildman–Crippen MR) is 120 cm³/mol. The fourth-order valence-electron chi connectivity index (χ4n) is 3.60. The molecule has 0 atom stereocenters. The molecule has 0 aliphatic carbocycles. The summed E-state index contributed by atoms with van der Waals surface area (Å²) < 4.78 is 5.29. The van der Waals surface area contributed by atoms with Gasteiger partial charge in [-0.15, -0.1) is 0 Å². The topological polar surface area (TPSA) is 61.9 Å². The summed E-state index contributed by atoms with van der Waals surface area (Å²) in [6, 6.07) is 15.3. The van der Waals surface area contributed by atoms with Gasteiger partial charge >= 0.3 is 6.03 Å². The first-order chi connectivity index (χ1) is 14.2. The molecule has 0 aromatic heterocycles. The number of hydrogen-bond donors (Lipinski definition) is 1. The van der Waals surface area contributed by atoms with E-state index in [9.17, 15) is 9.59 Å². The lowest BCUT2D eigenvalue weighted by atomic mass is 9.92. The number of nitrogens with one attached hydrogen (secondary N) is 1. The number of carbonyl (C=O) groups excluding carboxylic acids is 2. The Hall–Kier alpha value is -3.02. The first-order valence-electron chi connectivity index (χ1n) is 10.3. The second-order valence-corrected chi connectivity index (χ2v) is 8.90. The van der Waals surface area contributed by atoms with Crippen molar-refractivity contribution in [2.75, 3.05) is 30.4 Å². The highest BCUT2D eigenvalue weighted by atomic mass is 16.5. The summed E-state index contributed by atoms with van der Waals surface area (Å²) >= 11 is 0. The van der Waals surface area contributed by atoms with E-state index in [0.29, 0.717) is 31.7 Å². The molecule has 0 unspecified atom stereocenters. The minimum atomic E-state index is -0.0782. The molecule has 1 heterocycles. The predicted octanol–water partition coefficient (Wildman–Crippen LogP) is 4.90. The third-order valence-electron chi connectivity index (χ3n) is 4.95. The molecule has 0 bridgehead atoms. The van der Waals surface area contributed by atoms with Crippen LogP contribution in [0, 0.1) is 5.41 Å². The fraction of sp³-hybridized carbons (Fsp3) is 0.417. The van der Waals surface area contributed by atoms with Crippen LogP contribution in [0.25, 0.3) is 0 Å². The van der Waals surface area contributed by atoms with E-state index >= 15 is 0 Å². The van der Waals surface area contributed by atoms with Crippen LogP contribution in [-0.2, 0) is 11.3 Å². The number of carbonyl (C=O) groups is 2. The quantitative estimate of drug-likeness (QED) is 0.738. The van der Waals surface area contributed by atoms with Crippen LogP contribution in [-0.4, -0.2) is 37.0 Å². The summed E-state index contributed by atoms with van der Waals surface area (Å²) in [5.41, 5.74) is 2.46. The van der Waals surface area contributed by atoms with E-state index in [0.717, 1.165) is 23.4 Å². The van der Waals surface area contributed by atoms with Gasteiger partial charge in [-0.25, -0.2) is 4.79 Å². The number of benzene rings is 2. The second kappa shape index (κ2) is 9.20. The standard InChI is InChI=1S/C24H31N3O3/c1-24(2,3)16-22(28)25-19-9-6-10-20(15-19)27-13-7-12-26(23(27)29)17-18-8-5-11-21(14-18)30-4/h5-6,8-11,14-15H,7,12-13,16-17H2,1-4H3,(H,25,28). The van der Waals surface area contributed by atoms with Gasteiger partial charge in [0.05, 0.1) is 7.11 Å². The zero-order valence-electron chi connectivity index (χ0n) is 18.3. The molecule has 1 saturated heterocycles. The highest BCUT2D eigenvalue weighted by Crippen LogP contribution is 2.26. The van der Waals surface area contributed by atoms with Crippen molar-refractivity contribution in [2.24, 2.45) is 5.41 Å². The molecule has 0 radical (unpaired) electrons. The molecule has 1 N–H and O–H groups in total. The molecule has 3 amide bonds. The zero-order chi connectivity index (χ0) is 21.7. The van der Waals surface area contributed by atoms with Gasteiger partial charge in [0.1, 0.15) is 5.75 Å². The van der Waals surface area contributed by atoms with Crippen molar-refractivity contribution in [3.8, 4) is 5.75 Å². The summed E-state index contributed by atoms with van der Waals surface area (Å²) in [4.78, 5) is 29.0. The largest absolute Gasteiger partial charge is 0.497 e. The van der Waals surface area contributed by atoms with E-state index in [1.54, 1.807) is 12.0 Å². The first-order valence-corrected chi connectivity index (χ1v) is 10.3. The minimum Gasteiger partial charge on any atom is -0.497 e. The zero-order valence-corrected chi connectivity index (χ0v) is 18.3. The van der Waals surface area contributed by atoms with E-state index in [1.807, 2.05) is 74.2 Å². The first kappa shape index (κ1) is 21.7. The van der Waals surface area contributed by atoms with Gasteiger partial charge in [0.15, 0.2) is 0 Å². The molecule has 1 aliphatic rings. The Kier molecular flexibility index (Phi) is 6.65.